The van der Waals surface area contributed by atoms with Crippen LogP contribution in [0.2, 0.25) is 0 Å². The number of amides is 1. The standard InChI is InChI=1S/C20H17NO5S2/c1-26-20(23)18-15(12-16(27-18)13-8-4-3-5-9-13)21-19(22)14-10-6-7-11-17(14)28(2,24)25/h3-12H,1-2H3,(H,21,22). The van der Waals surface area contributed by atoms with Gasteiger partial charge in [0, 0.05) is 11.1 Å². The Morgan fingerprint density at radius 1 is 1.00 bits per heavy atom. The molecule has 1 aromatic heterocycles. The third-order valence-corrected chi connectivity index (χ3v) is 6.26. The van der Waals surface area contributed by atoms with Crippen molar-refractivity contribution in [2.24, 2.45) is 0 Å². The van der Waals surface area contributed by atoms with Gasteiger partial charge in [0.15, 0.2) is 9.84 Å². The van der Waals surface area contributed by atoms with E-state index in [0.29, 0.717) is 0 Å². The fourth-order valence-electron chi connectivity index (χ4n) is 2.64. The molecular weight excluding hydrogens is 398 g/mol. The lowest BCUT2D eigenvalue weighted by Crippen LogP contribution is -2.17. The highest BCUT2D eigenvalue weighted by Crippen LogP contribution is 2.35. The van der Waals surface area contributed by atoms with Gasteiger partial charge in [-0.15, -0.1) is 11.3 Å². The van der Waals surface area contributed by atoms with Crippen molar-refractivity contribution in [3.8, 4) is 10.4 Å². The largest absolute Gasteiger partial charge is 0.465 e. The van der Waals surface area contributed by atoms with Gasteiger partial charge in [0.25, 0.3) is 5.91 Å². The van der Waals surface area contributed by atoms with Gasteiger partial charge in [-0.05, 0) is 23.8 Å². The molecular formula is C20H17NO5S2. The predicted molar refractivity (Wildman–Crippen MR) is 109 cm³/mol. The molecule has 0 fully saturated rings. The predicted octanol–water partition coefficient (Wildman–Crippen LogP) is 3.86. The molecule has 1 heterocycles. The Balaban J connectivity index is 2.02. The summed E-state index contributed by atoms with van der Waals surface area (Å²) in [4.78, 5) is 25.9. The first kappa shape index (κ1) is 19.8. The third-order valence-electron chi connectivity index (χ3n) is 3.94. The smallest absolute Gasteiger partial charge is 0.350 e. The Bertz CT molecular complexity index is 1130. The second-order valence-electron chi connectivity index (χ2n) is 5.93. The highest BCUT2D eigenvalue weighted by molar-refractivity contribution is 7.90. The first-order valence-electron chi connectivity index (χ1n) is 8.19. The van der Waals surface area contributed by atoms with E-state index in [1.807, 2.05) is 30.3 Å². The number of hydrogen-bond acceptors (Lipinski definition) is 6. The lowest BCUT2D eigenvalue weighted by atomic mass is 10.1. The van der Waals surface area contributed by atoms with E-state index in [1.54, 1.807) is 18.2 Å². The summed E-state index contributed by atoms with van der Waals surface area (Å²) < 4.78 is 28.8. The number of hydrogen-bond donors (Lipinski definition) is 1. The van der Waals surface area contributed by atoms with Crippen LogP contribution in [0, 0.1) is 0 Å². The fraction of sp³-hybridized carbons (Fsp3) is 0.100. The SMILES string of the molecule is COC(=O)c1sc(-c2ccccc2)cc1NC(=O)c1ccccc1S(C)(=O)=O. The maximum atomic E-state index is 12.8. The molecule has 0 unspecified atom stereocenters. The van der Waals surface area contributed by atoms with Crippen molar-refractivity contribution in [3.63, 3.8) is 0 Å². The van der Waals surface area contributed by atoms with Crippen molar-refractivity contribution < 1.29 is 22.7 Å². The van der Waals surface area contributed by atoms with Gasteiger partial charge in [0.05, 0.1) is 23.3 Å². The van der Waals surface area contributed by atoms with E-state index in [1.165, 1.54) is 30.6 Å². The first-order chi connectivity index (χ1) is 13.3. The van der Waals surface area contributed by atoms with E-state index in [2.05, 4.69) is 5.32 Å². The van der Waals surface area contributed by atoms with Crippen molar-refractivity contribution >= 4 is 38.7 Å². The van der Waals surface area contributed by atoms with Crippen LogP contribution < -0.4 is 5.32 Å². The highest BCUT2D eigenvalue weighted by Gasteiger charge is 2.23. The summed E-state index contributed by atoms with van der Waals surface area (Å²) in [7, 11) is -2.33. The summed E-state index contributed by atoms with van der Waals surface area (Å²) in [6, 6.07) is 17.0. The number of esters is 1. The molecule has 28 heavy (non-hydrogen) atoms. The number of thiophene rings is 1. The van der Waals surface area contributed by atoms with Crippen molar-refractivity contribution in [3.05, 3.63) is 71.1 Å². The van der Waals surface area contributed by atoms with E-state index in [9.17, 15) is 18.0 Å². The second kappa shape index (κ2) is 7.95. The summed E-state index contributed by atoms with van der Waals surface area (Å²) in [5.74, 6) is -1.21. The van der Waals surface area contributed by atoms with Crippen LogP contribution in [0.1, 0.15) is 20.0 Å². The first-order valence-corrected chi connectivity index (χ1v) is 10.9. The van der Waals surface area contributed by atoms with E-state index < -0.39 is 21.7 Å². The topological polar surface area (TPSA) is 89.5 Å². The molecule has 144 valence electrons. The van der Waals surface area contributed by atoms with Gasteiger partial charge in [0.1, 0.15) is 4.88 Å². The maximum absolute atomic E-state index is 12.8. The van der Waals surface area contributed by atoms with Crippen molar-refractivity contribution in [1.82, 2.24) is 0 Å². The van der Waals surface area contributed by atoms with Gasteiger partial charge >= 0.3 is 5.97 Å². The van der Waals surface area contributed by atoms with Crippen LogP contribution in [0.5, 0.6) is 0 Å². The highest BCUT2D eigenvalue weighted by atomic mass is 32.2. The van der Waals surface area contributed by atoms with Crippen LogP contribution in [0.25, 0.3) is 10.4 Å². The Morgan fingerprint density at radius 2 is 1.64 bits per heavy atom. The Morgan fingerprint density at radius 3 is 2.29 bits per heavy atom. The summed E-state index contributed by atoms with van der Waals surface area (Å²) in [6.07, 6.45) is 1.04. The quantitative estimate of drug-likeness (QED) is 0.639. The van der Waals surface area contributed by atoms with Crippen LogP contribution in [0.3, 0.4) is 0 Å². The molecule has 8 heteroatoms. The number of carbonyl (C=O) groups is 2. The van der Waals surface area contributed by atoms with Crippen molar-refractivity contribution in [2.75, 3.05) is 18.7 Å². The lowest BCUT2D eigenvalue weighted by molar-refractivity contribution is 0.0607. The zero-order valence-electron chi connectivity index (χ0n) is 15.1. The number of anilines is 1. The number of sulfone groups is 1. The summed E-state index contributed by atoms with van der Waals surface area (Å²) in [6.45, 7) is 0. The zero-order chi connectivity index (χ0) is 20.3. The van der Waals surface area contributed by atoms with E-state index in [-0.39, 0.29) is 21.0 Å². The average Bonchev–Trinajstić information content (AvgIpc) is 3.11. The normalized spacial score (nSPS) is 11.1. The molecule has 0 radical (unpaired) electrons. The van der Waals surface area contributed by atoms with Crippen LogP contribution >= 0.6 is 11.3 Å². The molecule has 0 spiro atoms. The molecule has 6 nitrogen and oxygen atoms in total. The summed E-state index contributed by atoms with van der Waals surface area (Å²) >= 11 is 1.18. The monoisotopic (exact) mass is 415 g/mol. The Kier molecular flexibility index (Phi) is 5.62. The van der Waals surface area contributed by atoms with Crippen LogP contribution in [0.15, 0.2) is 65.6 Å². The fourth-order valence-corrected chi connectivity index (χ4v) is 4.56. The van der Waals surface area contributed by atoms with E-state index in [0.717, 1.165) is 16.7 Å². The number of carbonyl (C=O) groups excluding carboxylic acids is 2. The minimum absolute atomic E-state index is 0.00766. The molecule has 0 saturated heterocycles. The molecule has 0 saturated carbocycles. The molecule has 0 aliphatic heterocycles. The minimum atomic E-state index is -3.59. The van der Waals surface area contributed by atoms with Gasteiger partial charge < -0.3 is 10.1 Å². The molecule has 0 atom stereocenters. The molecule has 1 amide bonds. The number of ether oxygens (including phenoxy) is 1. The summed E-state index contributed by atoms with van der Waals surface area (Å²) in [5, 5.41) is 2.65. The number of methoxy groups -OCH3 is 1. The van der Waals surface area contributed by atoms with Gasteiger partial charge in [0.2, 0.25) is 0 Å². The molecule has 0 aliphatic rings. The lowest BCUT2D eigenvalue weighted by Gasteiger charge is -2.09. The number of rotatable bonds is 5. The molecule has 0 bridgehead atoms. The van der Waals surface area contributed by atoms with Gasteiger partial charge in [-0.2, -0.15) is 0 Å². The van der Waals surface area contributed by atoms with Gasteiger partial charge in [-0.3, -0.25) is 4.79 Å². The minimum Gasteiger partial charge on any atom is -0.465 e. The molecule has 3 rings (SSSR count). The average molecular weight is 415 g/mol. The van der Waals surface area contributed by atoms with Crippen molar-refractivity contribution in [2.45, 2.75) is 4.90 Å². The van der Waals surface area contributed by atoms with Gasteiger partial charge in [-0.25, -0.2) is 13.2 Å². The third kappa shape index (κ3) is 4.13. The molecule has 2 aromatic carbocycles. The van der Waals surface area contributed by atoms with Crippen LogP contribution in [-0.4, -0.2) is 33.7 Å². The Labute approximate surface area is 166 Å². The van der Waals surface area contributed by atoms with Crippen LogP contribution in [0.4, 0.5) is 5.69 Å². The van der Waals surface area contributed by atoms with Crippen molar-refractivity contribution in [1.29, 1.82) is 0 Å². The molecule has 1 N–H and O–H groups in total. The number of nitrogens with one attached hydrogen (secondary N) is 1. The van der Waals surface area contributed by atoms with E-state index >= 15 is 0 Å². The summed E-state index contributed by atoms with van der Waals surface area (Å²) in [5.41, 5.74) is 1.16. The van der Waals surface area contributed by atoms with E-state index in [4.69, 9.17) is 4.74 Å². The molecule has 0 aliphatic carbocycles. The zero-order valence-corrected chi connectivity index (χ0v) is 16.8. The Hall–Kier alpha value is -2.97. The van der Waals surface area contributed by atoms with Crippen LogP contribution in [-0.2, 0) is 14.6 Å². The molecule has 3 aromatic rings. The second-order valence-corrected chi connectivity index (χ2v) is 8.97. The van der Waals surface area contributed by atoms with Gasteiger partial charge in [-0.1, -0.05) is 42.5 Å². The number of benzene rings is 2. The maximum Gasteiger partial charge on any atom is 0.350 e.